The molecular formula is C9H12O4. The highest BCUT2D eigenvalue weighted by molar-refractivity contribution is 5.66. The summed E-state index contributed by atoms with van der Waals surface area (Å²) in [6.07, 6.45) is 5.51. The van der Waals surface area contributed by atoms with Gasteiger partial charge in [-0.25, -0.2) is 0 Å². The maximum atomic E-state index is 10.2. The predicted molar refractivity (Wildman–Crippen MR) is 45.4 cm³/mol. The normalized spacial score (nSPS) is 26.2. The van der Waals surface area contributed by atoms with E-state index in [4.69, 9.17) is 9.84 Å². The first-order valence-corrected chi connectivity index (χ1v) is 4.23. The molecular weight excluding hydrogens is 172 g/mol. The quantitative estimate of drug-likeness (QED) is 0.376. The Morgan fingerprint density at radius 1 is 1.54 bits per heavy atom. The molecule has 1 saturated heterocycles. The molecule has 0 aliphatic carbocycles. The van der Waals surface area contributed by atoms with E-state index < -0.39 is 5.97 Å². The Morgan fingerprint density at radius 3 is 2.92 bits per heavy atom. The van der Waals surface area contributed by atoms with E-state index in [1.54, 1.807) is 6.08 Å². The van der Waals surface area contributed by atoms with Crippen molar-refractivity contribution >= 4 is 12.3 Å². The number of carbonyl (C=O) groups is 2. The van der Waals surface area contributed by atoms with Gasteiger partial charge in [-0.3, -0.25) is 9.59 Å². The lowest BCUT2D eigenvalue weighted by molar-refractivity contribution is -0.137. The van der Waals surface area contributed by atoms with Crippen LogP contribution in [0.25, 0.3) is 0 Å². The lowest BCUT2D eigenvalue weighted by Gasteiger charge is -1.91. The smallest absolute Gasteiger partial charge is 0.303 e. The molecule has 0 unspecified atom stereocenters. The number of carboxylic acid groups (broad SMARTS) is 1. The molecule has 1 fully saturated rings. The maximum absolute atomic E-state index is 10.2. The molecule has 0 aromatic rings. The molecule has 0 bridgehead atoms. The maximum Gasteiger partial charge on any atom is 0.303 e. The monoisotopic (exact) mass is 184 g/mol. The second-order valence-corrected chi connectivity index (χ2v) is 2.95. The third-order valence-electron chi connectivity index (χ3n) is 1.88. The van der Waals surface area contributed by atoms with Crippen LogP contribution >= 0.6 is 0 Å². The van der Waals surface area contributed by atoms with E-state index in [1.807, 2.05) is 0 Å². The van der Waals surface area contributed by atoms with Crippen LogP contribution in [0.1, 0.15) is 19.3 Å². The first kappa shape index (κ1) is 9.92. The van der Waals surface area contributed by atoms with E-state index in [0.717, 1.165) is 6.42 Å². The number of hydrogen-bond acceptors (Lipinski definition) is 3. The summed E-state index contributed by atoms with van der Waals surface area (Å²) in [5.41, 5.74) is 0. The number of rotatable bonds is 6. The van der Waals surface area contributed by atoms with Crippen molar-refractivity contribution in [2.75, 3.05) is 0 Å². The summed E-state index contributed by atoms with van der Waals surface area (Å²) < 4.78 is 5.16. The van der Waals surface area contributed by atoms with Gasteiger partial charge in [-0.15, -0.1) is 0 Å². The number of ether oxygens (including phenoxy) is 1. The second-order valence-electron chi connectivity index (χ2n) is 2.95. The minimum atomic E-state index is -0.777. The number of carboxylic acids is 1. The molecule has 13 heavy (non-hydrogen) atoms. The summed E-state index contributed by atoms with van der Waals surface area (Å²) in [4.78, 5) is 20.1. The van der Waals surface area contributed by atoms with Crippen LogP contribution in [-0.2, 0) is 14.3 Å². The Bertz CT molecular complexity index is 222. The van der Waals surface area contributed by atoms with E-state index in [1.165, 1.54) is 6.08 Å². The first-order valence-electron chi connectivity index (χ1n) is 4.23. The fourth-order valence-corrected chi connectivity index (χ4v) is 1.17. The van der Waals surface area contributed by atoms with Crippen LogP contribution in [0.2, 0.25) is 0 Å². The molecule has 0 spiro atoms. The van der Waals surface area contributed by atoms with Gasteiger partial charge in [0.15, 0.2) is 0 Å². The van der Waals surface area contributed by atoms with Gasteiger partial charge in [0, 0.05) is 6.42 Å². The molecule has 2 atom stereocenters. The predicted octanol–water partition coefficient (Wildman–Crippen LogP) is 0.764. The Kier molecular flexibility index (Phi) is 3.64. The first-order chi connectivity index (χ1) is 6.24. The topological polar surface area (TPSA) is 66.9 Å². The van der Waals surface area contributed by atoms with E-state index in [9.17, 15) is 9.59 Å². The van der Waals surface area contributed by atoms with Gasteiger partial charge in [-0.2, -0.15) is 0 Å². The minimum Gasteiger partial charge on any atom is -0.481 e. The number of carbonyl (C=O) groups excluding carboxylic acids is 1. The Labute approximate surface area is 76.2 Å². The van der Waals surface area contributed by atoms with Gasteiger partial charge in [0.05, 0.1) is 6.10 Å². The van der Waals surface area contributed by atoms with Gasteiger partial charge in [0.1, 0.15) is 12.4 Å². The Balaban J connectivity index is 2.04. The summed E-state index contributed by atoms with van der Waals surface area (Å²) >= 11 is 0. The van der Waals surface area contributed by atoms with E-state index in [2.05, 4.69) is 0 Å². The number of aldehydes is 1. The molecule has 0 radical (unpaired) electrons. The highest BCUT2D eigenvalue weighted by Gasteiger charge is 2.35. The summed E-state index contributed by atoms with van der Waals surface area (Å²) in [5, 5.41) is 8.35. The zero-order valence-corrected chi connectivity index (χ0v) is 7.18. The van der Waals surface area contributed by atoms with Crippen molar-refractivity contribution in [3.63, 3.8) is 0 Å². The van der Waals surface area contributed by atoms with Crippen LogP contribution in [0, 0.1) is 0 Å². The molecule has 1 aliphatic heterocycles. The van der Waals surface area contributed by atoms with Gasteiger partial charge >= 0.3 is 5.97 Å². The molecule has 1 aliphatic rings. The average molecular weight is 184 g/mol. The minimum absolute atomic E-state index is 0.0268. The Morgan fingerprint density at radius 2 is 2.31 bits per heavy atom. The molecule has 4 heteroatoms. The zero-order chi connectivity index (χ0) is 9.68. The van der Waals surface area contributed by atoms with Crippen molar-refractivity contribution < 1.29 is 19.4 Å². The molecule has 4 nitrogen and oxygen atoms in total. The van der Waals surface area contributed by atoms with Crippen LogP contribution in [0.4, 0.5) is 0 Å². The molecule has 72 valence electrons. The van der Waals surface area contributed by atoms with Gasteiger partial charge < -0.3 is 9.84 Å². The highest BCUT2D eigenvalue weighted by atomic mass is 16.6. The van der Waals surface area contributed by atoms with Crippen molar-refractivity contribution in [3.05, 3.63) is 12.2 Å². The van der Waals surface area contributed by atoms with Crippen LogP contribution < -0.4 is 0 Å². The van der Waals surface area contributed by atoms with E-state index in [-0.39, 0.29) is 18.6 Å². The number of allylic oxidation sites excluding steroid dienone is 1. The van der Waals surface area contributed by atoms with Crippen LogP contribution in [0.15, 0.2) is 12.2 Å². The lowest BCUT2D eigenvalue weighted by atomic mass is 10.1. The molecule has 0 saturated carbocycles. The summed E-state index contributed by atoms with van der Waals surface area (Å²) in [6, 6.07) is 0. The molecule has 0 aromatic carbocycles. The summed E-state index contributed by atoms with van der Waals surface area (Å²) in [5.74, 6) is -0.777. The zero-order valence-electron chi connectivity index (χ0n) is 7.18. The average Bonchev–Trinajstić information content (AvgIpc) is 2.80. The molecule has 1 N–H and O–H groups in total. The summed E-state index contributed by atoms with van der Waals surface area (Å²) in [7, 11) is 0. The van der Waals surface area contributed by atoms with Crippen molar-refractivity contribution in [2.24, 2.45) is 0 Å². The third-order valence-corrected chi connectivity index (χ3v) is 1.88. The van der Waals surface area contributed by atoms with Crippen LogP contribution in [0.3, 0.4) is 0 Å². The van der Waals surface area contributed by atoms with Gasteiger partial charge in [0.2, 0.25) is 0 Å². The SMILES string of the molecule is O=CC=C[C@@H]1O[C@H]1CCCC(=O)O. The molecule has 1 heterocycles. The van der Waals surface area contributed by atoms with Crippen molar-refractivity contribution in [1.82, 2.24) is 0 Å². The van der Waals surface area contributed by atoms with E-state index in [0.29, 0.717) is 12.7 Å². The molecule has 1 rings (SSSR count). The van der Waals surface area contributed by atoms with Crippen LogP contribution in [0.5, 0.6) is 0 Å². The number of aliphatic carboxylic acids is 1. The van der Waals surface area contributed by atoms with E-state index >= 15 is 0 Å². The molecule has 0 amide bonds. The largest absolute Gasteiger partial charge is 0.481 e. The van der Waals surface area contributed by atoms with Crippen molar-refractivity contribution in [2.45, 2.75) is 31.5 Å². The molecule has 0 aromatic heterocycles. The number of epoxide rings is 1. The second kappa shape index (κ2) is 4.77. The highest BCUT2D eigenvalue weighted by Crippen LogP contribution is 2.27. The number of hydrogen-bond donors (Lipinski definition) is 1. The van der Waals surface area contributed by atoms with Crippen molar-refractivity contribution in [3.8, 4) is 0 Å². The standard InChI is InChI=1S/C9H12O4/c10-6-2-4-8-7(13-8)3-1-5-9(11)12/h2,4,6-8H,1,3,5H2,(H,11,12)/t7-,8-/m0/s1. The third kappa shape index (κ3) is 3.85. The summed E-state index contributed by atoms with van der Waals surface area (Å²) in [6.45, 7) is 0. The Hall–Kier alpha value is -1.16. The fourth-order valence-electron chi connectivity index (χ4n) is 1.17. The van der Waals surface area contributed by atoms with Gasteiger partial charge in [-0.1, -0.05) is 6.08 Å². The van der Waals surface area contributed by atoms with Crippen LogP contribution in [-0.4, -0.2) is 29.6 Å². The fraction of sp³-hybridized carbons (Fsp3) is 0.556. The van der Waals surface area contributed by atoms with Gasteiger partial charge in [0.25, 0.3) is 0 Å². The van der Waals surface area contributed by atoms with Gasteiger partial charge in [-0.05, 0) is 18.9 Å². The lowest BCUT2D eigenvalue weighted by Crippen LogP contribution is -1.97. The van der Waals surface area contributed by atoms with Crippen molar-refractivity contribution in [1.29, 1.82) is 0 Å².